The van der Waals surface area contributed by atoms with Crippen molar-refractivity contribution in [1.29, 1.82) is 5.41 Å². The molecule has 0 aliphatic heterocycles. The number of hydrogen-bond acceptors (Lipinski definition) is 7. The summed E-state index contributed by atoms with van der Waals surface area (Å²) in [5, 5.41) is 19.3. The van der Waals surface area contributed by atoms with Crippen molar-refractivity contribution in [2.75, 3.05) is 13.2 Å². The number of nitrogens with one attached hydrogen (secondary N) is 2. The average Bonchev–Trinajstić information content (AvgIpc) is 2.45. The number of aliphatic hydroxyl groups excluding tert-OH is 1. The van der Waals surface area contributed by atoms with Crippen LogP contribution in [0.4, 0.5) is 4.79 Å². The second-order valence-corrected chi connectivity index (χ2v) is 5.78. The summed E-state index contributed by atoms with van der Waals surface area (Å²) >= 11 is 0. The quantitative estimate of drug-likeness (QED) is 0.353. The maximum absolute atomic E-state index is 11.6. The molecule has 0 aromatic heterocycles. The Labute approximate surface area is 135 Å². The number of alkyl carbamates (subject to hydrolysis) is 1. The lowest BCUT2D eigenvalue weighted by Gasteiger charge is -2.20. The molecular formula is C15H23N3O5. The zero-order valence-corrected chi connectivity index (χ0v) is 13.5. The summed E-state index contributed by atoms with van der Waals surface area (Å²) in [5.41, 5.74) is -0.147. The number of benzene rings is 1. The summed E-state index contributed by atoms with van der Waals surface area (Å²) in [6.07, 6.45) is -1.27. The van der Waals surface area contributed by atoms with Gasteiger partial charge in [-0.2, -0.15) is 0 Å². The molecule has 1 amide bonds. The molecule has 8 nitrogen and oxygen atoms in total. The third-order valence-electron chi connectivity index (χ3n) is 2.56. The minimum atomic E-state index is -0.691. The van der Waals surface area contributed by atoms with Crippen molar-refractivity contribution < 1.29 is 24.2 Å². The number of aliphatic hydroxyl groups is 1. The molecule has 1 aromatic rings. The summed E-state index contributed by atoms with van der Waals surface area (Å²) < 4.78 is 10.5. The Morgan fingerprint density at radius 2 is 1.96 bits per heavy atom. The van der Waals surface area contributed by atoms with E-state index in [0.717, 1.165) is 0 Å². The molecule has 0 saturated heterocycles. The van der Waals surface area contributed by atoms with Gasteiger partial charge in [-0.1, -0.05) is 0 Å². The first kappa shape index (κ1) is 18.9. The second-order valence-electron chi connectivity index (χ2n) is 5.78. The lowest BCUT2D eigenvalue weighted by molar-refractivity contribution is 0.0196. The molecule has 0 fully saturated rings. The smallest absolute Gasteiger partial charge is 0.413 e. The molecule has 1 rings (SSSR count). The van der Waals surface area contributed by atoms with Crippen LogP contribution in [-0.2, 0) is 9.57 Å². The fourth-order valence-corrected chi connectivity index (χ4v) is 1.60. The first-order chi connectivity index (χ1) is 10.7. The van der Waals surface area contributed by atoms with Crippen LogP contribution in [-0.4, -0.2) is 42.0 Å². The molecule has 0 spiro atoms. The van der Waals surface area contributed by atoms with E-state index in [4.69, 9.17) is 25.9 Å². The monoisotopic (exact) mass is 325 g/mol. The largest absolute Gasteiger partial charge is 0.486 e. The van der Waals surface area contributed by atoms with Crippen molar-refractivity contribution in [2.45, 2.75) is 32.5 Å². The molecule has 0 bridgehead atoms. The number of carbonyl (C=O) groups is 1. The molecule has 0 aliphatic rings. The lowest BCUT2D eigenvalue weighted by atomic mass is 10.2. The Morgan fingerprint density at radius 1 is 1.35 bits per heavy atom. The standard InChI is InChI=1S/C15H23N3O5/c1-15(2,3)23-14(20)18-13(16)10-4-6-11(7-5-10)22-12(8-19)9-21-17/h4-7,12,19H,8-9,17H2,1-3H3,(H2,16,18,20). The van der Waals surface area contributed by atoms with Crippen molar-refractivity contribution >= 4 is 11.9 Å². The van der Waals surface area contributed by atoms with Gasteiger partial charge in [0, 0.05) is 5.56 Å². The third kappa shape index (κ3) is 7.09. The molecule has 8 heteroatoms. The normalized spacial score (nSPS) is 12.4. The van der Waals surface area contributed by atoms with Gasteiger partial charge in [0.2, 0.25) is 0 Å². The van der Waals surface area contributed by atoms with Crippen LogP contribution in [0.2, 0.25) is 0 Å². The van der Waals surface area contributed by atoms with E-state index >= 15 is 0 Å². The van der Waals surface area contributed by atoms with Crippen molar-refractivity contribution in [2.24, 2.45) is 5.90 Å². The van der Waals surface area contributed by atoms with E-state index in [1.165, 1.54) is 0 Å². The highest BCUT2D eigenvalue weighted by atomic mass is 16.6. The van der Waals surface area contributed by atoms with Gasteiger partial charge in [-0.05, 0) is 45.0 Å². The summed E-state index contributed by atoms with van der Waals surface area (Å²) in [7, 11) is 0. The molecule has 1 aromatic carbocycles. The maximum atomic E-state index is 11.6. The van der Waals surface area contributed by atoms with Gasteiger partial charge in [-0.25, -0.2) is 10.7 Å². The van der Waals surface area contributed by atoms with E-state index in [0.29, 0.717) is 11.3 Å². The molecule has 1 unspecified atom stereocenters. The molecule has 0 aliphatic carbocycles. The lowest BCUT2D eigenvalue weighted by Crippen LogP contribution is -2.36. The minimum absolute atomic E-state index is 0.0499. The molecule has 0 heterocycles. The summed E-state index contributed by atoms with van der Waals surface area (Å²) in [4.78, 5) is 16.0. The van der Waals surface area contributed by atoms with Crippen LogP contribution < -0.4 is 16.0 Å². The fraction of sp³-hybridized carbons (Fsp3) is 0.467. The zero-order chi connectivity index (χ0) is 17.5. The number of rotatable bonds is 6. The topological polar surface area (TPSA) is 127 Å². The van der Waals surface area contributed by atoms with Gasteiger partial charge in [-0.3, -0.25) is 10.7 Å². The molecule has 0 saturated carbocycles. The van der Waals surface area contributed by atoms with Gasteiger partial charge in [0.15, 0.2) is 0 Å². The first-order valence-corrected chi connectivity index (χ1v) is 7.03. The number of nitrogens with two attached hydrogens (primary N) is 1. The van der Waals surface area contributed by atoms with Gasteiger partial charge in [-0.15, -0.1) is 0 Å². The Morgan fingerprint density at radius 3 is 2.43 bits per heavy atom. The number of ether oxygens (including phenoxy) is 2. The number of amidine groups is 1. The van der Waals surface area contributed by atoms with Crippen molar-refractivity contribution in [1.82, 2.24) is 5.32 Å². The van der Waals surface area contributed by atoms with E-state index in [9.17, 15) is 4.79 Å². The molecule has 23 heavy (non-hydrogen) atoms. The first-order valence-electron chi connectivity index (χ1n) is 7.03. The highest BCUT2D eigenvalue weighted by Gasteiger charge is 2.17. The SMILES string of the molecule is CC(C)(C)OC(=O)NC(=N)c1ccc(OC(CO)CON)cc1. The average molecular weight is 325 g/mol. The second kappa shape index (κ2) is 8.47. The zero-order valence-electron chi connectivity index (χ0n) is 13.5. The van der Waals surface area contributed by atoms with E-state index in [-0.39, 0.29) is 19.0 Å². The Kier molecular flexibility index (Phi) is 6.95. The van der Waals surface area contributed by atoms with Crippen LogP contribution in [0.25, 0.3) is 0 Å². The van der Waals surface area contributed by atoms with Crippen LogP contribution in [0.1, 0.15) is 26.3 Å². The number of hydrogen-bond donors (Lipinski definition) is 4. The van der Waals surface area contributed by atoms with E-state index < -0.39 is 17.8 Å². The van der Waals surface area contributed by atoms with Crippen molar-refractivity contribution in [3.05, 3.63) is 29.8 Å². The number of carbonyl (C=O) groups excluding carboxylic acids is 1. The molecule has 1 atom stereocenters. The van der Waals surface area contributed by atoms with Crippen molar-refractivity contribution in [3.63, 3.8) is 0 Å². The molecular weight excluding hydrogens is 302 g/mol. The van der Waals surface area contributed by atoms with Crippen LogP contribution in [0.5, 0.6) is 5.75 Å². The Balaban J connectivity index is 2.62. The van der Waals surface area contributed by atoms with Gasteiger partial charge >= 0.3 is 6.09 Å². The van der Waals surface area contributed by atoms with Crippen LogP contribution in [0.15, 0.2) is 24.3 Å². The summed E-state index contributed by atoms with van der Waals surface area (Å²) in [5.74, 6) is 5.33. The highest BCUT2D eigenvalue weighted by Crippen LogP contribution is 2.14. The van der Waals surface area contributed by atoms with E-state index in [2.05, 4.69) is 10.2 Å². The van der Waals surface area contributed by atoms with Crippen LogP contribution in [0, 0.1) is 5.41 Å². The predicted molar refractivity (Wildman–Crippen MR) is 84.3 cm³/mol. The Bertz CT molecular complexity index is 525. The molecule has 0 radical (unpaired) electrons. The van der Waals surface area contributed by atoms with Crippen LogP contribution in [0.3, 0.4) is 0 Å². The van der Waals surface area contributed by atoms with Crippen LogP contribution >= 0.6 is 0 Å². The van der Waals surface area contributed by atoms with Gasteiger partial charge < -0.3 is 19.4 Å². The van der Waals surface area contributed by atoms with Gasteiger partial charge in [0.05, 0.1) is 6.61 Å². The fourth-order valence-electron chi connectivity index (χ4n) is 1.60. The Hall–Kier alpha value is -2.16. The van der Waals surface area contributed by atoms with Crippen molar-refractivity contribution in [3.8, 4) is 5.75 Å². The molecule has 128 valence electrons. The van der Waals surface area contributed by atoms with E-state index in [1.807, 2.05) is 0 Å². The van der Waals surface area contributed by atoms with Gasteiger partial charge in [0.1, 0.15) is 29.9 Å². The minimum Gasteiger partial charge on any atom is -0.486 e. The maximum Gasteiger partial charge on any atom is 0.413 e. The summed E-state index contributed by atoms with van der Waals surface area (Å²) in [6, 6.07) is 6.43. The van der Waals surface area contributed by atoms with Gasteiger partial charge in [0.25, 0.3) is 0 Å². The highest BCUT2D eigenvalue weighted by molar-refractivity contribution is 6.04. The predicted octanol–water partition coefficient (Wildman–Crippen LogP) is 1.17. The molecule has 5 N–H and O–H groups in total. The summed E-state index contributed by atoms with van der Waals surface area (Å²) in [6.45, 7) is 5.03. The third-order valence-corrected chi connectivity index (χ3v) is 2.56. The van der Waals surface area contributed by atoms with E-state index in [1.54, 1.807) is 45.0 Å². The number of amides is 1.